The maximum atomic E-state index is 11.7. The van der Waals surface area contributed by atoms with Crippen LogP contribution in [-0.4, -0.2) is 38.4 Å². The molecule has 0 aliphatic carbocycles. The van der Waals surface area contributed by atoms with Gasteiger partial charge in [0.15, 0.2) is 11.5 Å². The summed E-state index contributed by atoms with van der Waals surface area (Å²) in [5.41, 5.74) is 1.72. The van der Waals surface area contributed by atoms with E-state index in [-0.39, 0.29) is 6.61 Å². The van der Waals surface area contributed by atoms with Crippen LogP contribution in [0.5, 0.6) is 17.2 Å². The van der Waals surface area contributed by atoms with Gasteiger partial charge in [-0.25, -0.2) is 9.59 Å². The second-order valence-electron chi connectivity index (χ2n) is 5.39. The molecule has 0 atom stereocenters. The number of aliphatic carboxylic acids is 1. The number of carbonyl (C=O) groups is 2. The summed E-state index contributed by atoms with van der Waals surface area (Å²) < 4.78 is 21.1. The van der Waals surface area contributed by atoms with Crippen molar-refractivity contribution in [2.45, 2.75) is 6.61 Å². The van der Waals surface area contributed by atoms with Gasteiger partial charge in [0.05, 0.1) is 26.9 Å². The molecular formula is C20H20O7. The Labute approximate surface area is 156 Å². The molecule has 0 radical (unpaired) electrons. The van der Waals surface area contributed by atoms with E-state index >= 15 is 0 Å². The second-order valence-corrected chi connectivity index (χ2v) is 5.39. The first-order chi connectivity index (χ1) is 13.0. The minimum Gasteiger partial charge on any atom is -0.496 e. The predicted octanol–water partition coefficient (Wildman–Crippen LogP) is 3.17. The summed E-state index contributed by atoms with van der Waals surface area (Å²) in [6, 6.07) is 9.95. The van der Waals surface area contributed by atoms with E-state index in [1.807, 2.05) is 0 Å². The van der Waals surface area contributed by atoms with Gasteiger partial charge >= 0.3 is 11.9 Å². The van der Waals surface area contributed by atoms with Gasteiger partial charge in [-0.15, -0.1) is 0 Å². The highest BCUT2D eigenvalue weighted by Gasteiger charge is 2.13. The largest absolute Gasteiger partial charge is 0.496 e. The van der Waals surface area contributed by atoms with Gasteiger partial charge in [-0.1, -0.05) is 6.07 Å². The van der Waals surface area contributed by atoms with E-state index in [0.29, 0.717) is 33.9 Å². The molecular weight excluding hydrogens is 352 g/mol. The number of esters is 1. The number of rotatable bonds is 8. The smallest absolute Gasteiger partial charge is 0.337 e. The number of ether oxygens (including phenoxy) is 4. The highest BCUT2D eigenvalue weighted by Crippen LogP contribution is 2.30. The van der Waals surface area contributed by atoms with Crippen LogP contribution < -0.4 is 14.2 Å². The Morgan fingerprint density at radius 2 is 1.67 bits per heavy atom. The van der Waals surface area contributed by atoms with Crippen LogP contribution in [-0.2, 0) is 16.1 Å². The van der Waals surface area contributed by atoms with Crippen LogP contribution in [0.3, 0.4) is 0 Å². The van der Waals surface area contributed by atoms with E-state index in [9.17, 15) is 9.59 Å². The van der Waals surface area contributed by atoms with Crippen LogP contribution in [0, 0.1) is 0 Å². The maximum absolute atomic E-state index is 11.7. The molecule has 2 aromatic carbocycles. The van der Waals surface area contributed by atoms with Crippen molar-refractivity contribution < 1.29 is 33.6 Å². The number of methoxy groups -OCH3 is 3. The molecule has 0 fully saturated rings. The van der Waals surface area contributed by atoms with Crippen molar-refractivity contribution in [3.63, 3.8) is 0 Å². The molecule has 0 saturated heterocycles. The fourth-order valence-electron chi connectivity index (χ4n) is 2.37. The van der Waals surface area contributed by atoms with Gasteiger partial charge in [-0.2, -0.15) is 0 Å². The zero-order valence-corrected chi connectivity index (χ0v) is 15.2. The van der Waals surface area contributed by atoms with Gasteiger partial charge in [0.25, 0.3) is 0 Å². The molecule has 0 unspecified atom stereocenters. The Kier molecular flexibility index (Phi) is 6.82. The van der Waals surface area contributed by atoms with Crippen molar-refractivity contribution in [3.05, 3.63) is 59.2 Å². The first-order valence-electron chi connectivity index (χ1n) is 7.95. The third-order valence-corrected chi connectivity index (χ3v) is 3.69. The van der Waals surface area contributed by atoms with Gasteiger partial charge in [0, 0.05) is 11.6 Å². The standard InChI is InChI=1S/C20H20O7/c1-24-16-7-4-13(5-9-19(21)22)10-15(16)12-27-18-11-14(20(23)26-3)6-8-17(18)25-2/h4-11H,12H2,1-3H3,(H,21,22). The maximum Gasteiger partial charge on any atom is 0.337 e. The first kappa shape index (κ1) is 19.8. The van der Waals surface area contributed by atoms with Gasteiger partial charge in [0.1, 0.15) is 12.4 Å². The summed E-state index contributed by atoms with van der Waals surface area (Å²) in [6.45, 7) is 0.124. The molecule has 0 spiro atoms. The van der Waals surface area contributed by atoms with E-state index < -0.39 is 11.9 Å². The Morgan fingerprint density at radius 3 is 2.30 bits per heavy atom. The van der Waals surface area contributed by atoms with E-state index in [1.54, 1.807) is 30.3 Å². The molecule has 27 heavy (non-hydrogen) atoms. The van der Waals surface area contributed by atoms with Crippen LogP contribution in [0.4, 0.5) is 0 Å². The average molecular weight is 372 g/mol. The van der Waals surface area contributed by atoms with Gasteiger partial charge in [-0.05, 0) is 42.0 Å². The molecule has 2 aromatic rings. The molecule has 7 heteroatoms. The monoisotopic (exact) mass is 372 g/mol. The molecule has 0 saturated carbocycles. The van der Waals surface area contributed by atoms with Crippen molar-refractivity contribution >= 4 is 18.0 Å². The van der Waals surface area contributed by atoms with Crippen molar-refractivity contribution in [1.82, 2.24) is 0 Å². The van der Waals surface area contributed by atoms with Crippen LogP contribution in [0.15, 0.2) is 42.5 Å². The fourth-order valence-corrected chi connectivity index (χ4v) is 2.37. The Bertz CT molecular complexity index is 855. The summed E-state index contributed by atoms with van der Waals surface area (Å²) in [4.78, 5) is 22.4. The van der Waals surface area contributed by atoms with E-state index in [2.05, 4.69) is 0 Å². The number of carbonyl (C=O) groups excluding carboxylic acids is 1. The lowest BCUT2D eigenvalue weighted by Gasteiger charge is -2.14. The number of benzene rings is 2. The molecule has 1 N–H and O–H groups in total. The van der Waals surface area contributed by atoms with E-state index in [0.717, 1.165) is 6.08 Å². The predicted molar refractivity (Wildman–Crippen MR) is 98.3 cm³/mol. The molecule has 2 rings (SSSR count). The SMILES string of the molecule is COC(=O)c1ccc(OC)c(OCc2cc(C=CC(=O)O)ccc2OC)c1. The zero-order valence-electron chi connectivity index (χ0n) is 15.2. The van der Waals surface area contributed by atoms with Crippen molar-refractivity contribution in [2.75, 3.05) is 21.3 Å². The number of hydrogen-bond donors (Lipinski definition) is 1. The fraction of sp³-hybridized carbons (Fsp3) is 0.200. The Balaban J connectivity index is 2.28. The third kappa shape index (κ3) is 5.24. The minimum atomic E-state index is -1.03. The minimum absolute atomic E-state index is 0.124. The summed E-state index contributed by atoms with van der Waals surface area (Å²) in [5.74, 6) is -0.100. The summed E-state index contributed by atoms with van der Waals surface area (Å²) in [6.07, 6.45) is 2.53. The highest BCUT2D eigenvalue weighted by molar-refractivity contribution is 5.90. The van der Waals surface area contributed by atoms with Gasteiger partial charge in [-0.3, -0.25) is 0 Å². The zero-order chi connectivity index (χ0) is 19.8. The lowest BCUT2D eigenvalue weighted by molar-refractivity contribution is -0.131. The topological polar surface area (TPSA) is 91.3 Å². The molecule has 0 aliphatic rings. The van der Waals surface area contributed by atoms with Crippen molar-refractivity contribution in [1.29, 1.82) is 0 Å². The van der Waals surface area contributed by atoms with Gasteiger partial charge in [0.2, 0.25) is 0 Å². The highest BCUT2D eigenvalue weighted by atomic mass is 16.5. The second kappa shape index (κ2) is 9.28. The Morgan fingerprint density at radius 1 is 0.963 bits per heavy atom. The van der Waals surface area contributed by atoms with Crippen LogP contribution in [0.1, 0.15) is 21.5 Å². The van der Waals surface area contributed by atoms with Gasteiger partial charge < -0.3 is 24.1 Å². The summed E-state index contributed by atoms with van der Waals surface area (Å²) >= 11 is 0. The molecule has 0 aromatic heterocycles. The average Bonchev–Trinajstić information content (AvgIpc) is 2.69. The lowest BCUT2D eigenvalue weighted by atomic mass is 10.1. The van der Waals surface area contributed by atoms with E-state index in [1.165, 1.54) is 33.5 Å². The van der Waals surface area contributed by atoms with E-state index in [4.69, 9.17) is 24.1 Å². The van der Waals surface area contributed by atoms with Crippen molar-refractivity contribution in [2.24, 2.45) is 0 Å². The number of carboxylic acids is 1. The number of carboxylic acid groups (broad SMARTS) is 1. The number of hydrogen-bond acceptors (Lipinski definition) is 6. The van der Waals surface area contributed by atoms with Crippen LogP contribution in [0.25, 0.3) is 6.08 Å². The lowest BCUT2D eigenvalue weighted by Crippen LogP contribution is -2.04. The summed E-state index contributed by atoms with van der Waals surface area (Å²) in [7, 11) is 4.33. The molecule has 0 bridgehead atoms. The Hall–Kier alpha value is -3.48. The quantitative estimate of drug-likeness (QED) is 0.562. The third-order valence-electron chi connectivity index (χ3n) is 3.69. The molecule has 0 amide bonds. The normalized spacial score (nSPS) is 10.5. The molecule has 0 aliphatic heterocycles. The summed E-state index contributed by atoms with van der Waals surface area (Å²) in [5, 5.41) is 8.76. The van der Waals surface area contributed by atoms with Crippen LogP contribution >= 0.6 is 0 Å². The van der Waals surface area contributed by atoms with Crippen molar-refractivity contribution in [3.8, 4) is 17.2 Å². The molecule has 0 heterocycles. The molecule has 7 nitrogen and oxygen atoms in total. The first-order valence-corrected chi connectivity index (χ1v) is 7.95. The molecule has 142 valence electrons. The van der Waals surface area contributed by atoms with Crippen LogP contribution in [0.2, 0.25) is 0 Å².